The maximum absolute atomic E-state index is 12.8. The van der Waals surface area contributed by atoms with Crippen molar-refractivity contribution >= 4 is 5.78 Å². The zero-order valence-corrected chi connectivity index (χ0v) is 11.9. The van der Waals surface area contributed by atoms with Gasteiger partial charge in [0.05, 0.1) is 12.2 Å². The summed E-state index contributed by atoms with van der Waals surface area (Å²) in [7, 11) is 0. The SMILES string of the molecule is CCCOc1ccccc1C(=O)C1(C)CCNCC1. The molecule has 0 unspecified atom stereocenters. The van der Waals surface area contributed by atoms with Crippen LogP contribution in [0.15, 0.2) is 24.3 Å². The minimum absolute atomic E-state index is 0.223. The van der Waals surface area contributed by atoms with Crippen LogP contribution in [-0.4, -0.2) is 25.5 Å². The summed E-state index contributed by atoms with van der Waals surface area (Å²) in [5.74, 6) is 0.954. The third-order valence-corrected chi connectivity index (χ3v) is 3.85. The molecule has 0 aliphatic carbocycles. The van der Waals surface area contributed by atoms with Crippen molar-refractivity contribution in [2.24, 2.45) is 5.41 Å². The van der Waals surface area contributed by atoms with Gasteiger partial charge in [0.2, 0.25) is 0 Å². The second-order valence-electron chi connectivity index (χ2n) is 5.48. The van der Waals surface area contributed by atoms with Gasteiger partial charge >= 0.3 is 0 Å². The van der Waals surface area contributed by atoms with E-state index in [1.165, 1.54) is 0 Å². The van der Waals surface area contributed by atoms with Crippen LogP contribution in [0.1, 0.15) is 43.5 Å². The molecule has 0 amide bonds. The molecule has 3 heteroatoms. The summed E-state index contributed by atoms with van der Waals surface area (Å²) >= 11 is 0. The molecule has 2 rings (SSSR count). The minimum Gasteiger partial charge on any atom is -0.493 e. The number of ether oxygens (including phenoxy) is 1. The molecule has 104 valence electrons. The largest absolute Gasteiger partial charge is 0.493 e. The number of piperidine rings is 1. The molecule has 1 aromatic rings. The second kappa shape index (κ2) is 6.20. The molecule has 0 bridgehead atoms. The van der Waals surface area contributed by atoms with Crippen molar-refractivity contribution in [1.82, 2.24) is 5.32 Å². The van der Waals surface area contributed by atoms with Gasteiger partial charge in [-0.25, -0.2) is 0 Å². The van der Waals surface area contributed by atoms with Crippen molar-refractivity contribution in [3.63, 3.8) is 0 Å². The lowest BCUT2D eigenvalue weighted by atomic mass is 9.75. The van der Waals surface area contributed by atoms with E-state index in [0.29, 0.717) is 6.61 Å². The fraction of sp³-hybridized carbons (Fsp3) is 0.562. The molecule has 1 aliphatic heterocycles. The Bertz CT molecular complexity index is 436. The quantitative estimate of drug-likeness (QED) is 0.828. The molecule has 3 nitrogen and oxygen atoms in total. The number of carbonyl (C=O) groups excluding carboxylic acids is 1. The van der Waals surface area contributed by atoms with Crippen molar-refractivity contribution in [2.75, 3.05) is 19.7 Å². The van der Waals surface area contributed by atoms with Crippen molar-refractivity contribution in [1.29, 1.82) is 0 Å². The number of ketones is 1. The molecule has 0 saturated carbocycles. The number of hydrogen-bond donors (Lipinski definition) is 1. The smallest absolute Gasteiger partial charge is 0.172 e. The Morgan fingerprint density at radius 3 is 2.68 bits per heavy atom. The normalized spacial score (nSPS) is 18.0. The first-order valence-electron chi connectivity index (χ1n) is 7.15. The maximum Gasteiger partial charge on any atom is 0.172 e. The third-order valence-electron chi connectivity index (χ3n) is 3.85. The summed E-state index contributed by atoms with van der Waals surface area (Å²) in [6, 6.07) is 7.62. The van der Waals surface area contributed by atoms with Gasteiger partial charge in [-0.3, -0.25) is 4.79 Å². The Kier molecular flexibility index (Phi) is 4.59. The molecule has 19 heavy (non-hydrogen) atoms. The average Bonchev–Trinajstić information content (AvgIpc) is 2.45. The van der Waals surface area contributed by atoms with E-state index in [9.17, 15) is 4.79 Å². The van der Waals surface area contributed by atoms with E-state index in [0.717, 1.165) is 43.7 Å². The Morgan fingerprint density at radius 2 is 2.00 bits per heavy atom. The Labute approximate surface area is 115 Å². The molecular formula is C16H23NO2. The zero-order chi connectivity index (χ0) is 13.7. The number of hydrogen-bond acceptors (Lipinski definition) is 3. The lowest BCUT2D eigenvalue weighted by Gasteiger charge is -2.33. The van der Waals surface area contributed by atoms with Gasteiger partial charge in [0.1, 0.15) is 5.75 Å². The molecule has 1 heterocycles. The highest BCUT2D eigenvalue weighted by atomic mass is 16.5. The summed E-state index contributed by atoms with van der Waals surface area (Å²) in [5, 5.41) is 3.31. The molecule has 0 spiro atoms. The van der Waals surface area contributed by atoms with Gasteiger partial charge in [-0.15, -0.1) is 0 Å². The van der Waals surface area contributed by atoms with Gasteiger partial charge in [0.25, 0.3) is 0 Å². The predicted molar refractivity (Wildman–Crippen MR) is 76.8 cm³/mol. The number of rotatable bonds is 5. The summed E-state index contributed by atoms with van der Waals surface area (Å²) in [6.07, 6.45) is 2.74. The van der Waals surface area contributed by atoms with Crippen molar-refractivity contribution in [3.05, 3.63) is 29.8 Å². The molecule has 1 N–H and O–H groups in total. The molecule has 1 aliphatic rings. The van der Waals surface area contributed by atoms with Crippen LogP contribution in [0.2, 0.25) is 0 Å². The lowest BCUT2D eigenvalue weighted by Crippen LogP contribution is -2.40. The van der Waals surface area contributed by atoms with Crippen molar-refractivity contribution in [3.8, 4) is 5.75 Å². The maximum atomic E-state index is 12.8. The number of carbonyl (C=O) groups is 1. The molecule has 0 aromatic heterocycles. The van der Waals surface area contributed by atoms with Crippen LogP contribution >= 0.6 is 0 Å². The Morgan fingerprint density at radius 1 is 1.32 bits per heavy atom. The van der Waals surface area contributed by atoms with Crippen LogP contribution < -0.4 is 10.1 Å². The number of Topliss-reactive ketones (excluding diaryl/α,β-unsaturated/α-hetero) is 1. The summed E-state index contributed by atoms with van der Waals surface area (Å²) in [5.41, 5.74) is 0.483. The standard InChI is InChI=1S/C16H23NO2/c1-3-12-19-14-7-5-4-6-13(14)15(18)16(2)8-10-17-11-9-16/h4-7,17H,3,8-12H2,1-2H3. The van der Waals surface area contributed by atoms with E-state index in [-0.39, 0.29) is 11.2 Å². The first kappa shape index (κ1) is 14.1. The van der Waals surface area contributed by atoms with E-state index < -0.39 is 0 Å². The first-order valence-corrected chi connectivity index (χ1v) is 7.15. The lowest BCUT2D eigenvalue weighted by molar-refractivity contribution is 0.0758. The topological polar surface area (TPSA) is 38.3 Å². The molecule has 1 fully saturated rings. The first-order chi connectivity index (χ1) is 9.17. The highest BCUT2D eigenvalue weighted by molar-refractivity contribution is 6.02. The van der Waals surface area contributed by atoms with Gasteiger partial charge in [-0.05, 0) is 44.5 Å². The van der Waals surface area contributed by atoms with Crippen molar-refractivity contribution in [2.45, 2.75) is 33.1 Å². The number of para-hydroxylation sites is 1. The van der Waals surface area contributed by atoms with E-state index in [4.69, 9.17) is 4.74 Å². The van der Waals surface area contributed by atoms with Crippen LogP contribution in [0.3, 0.4) is 0 Å². The molecule has 1 saturated heterocycles. The van der Waals surface area contributed by atoms with Gasteiger partial charge < -0.3 is 10.1 Å². The van der Waals surface area contributed by atoms with Crippen LogP contribution in [0.5, 0.6) is 5.75 Å². The third kappa shape index (κ3) is 3.16. The van der Waals surface area contributed by atoms with Crippen LogP contribution in [-0.2, 0) is 0 Å². The fourth-order valence-corrected chi connectivity index (χ4v) is 2.52. The molecular weight excluding hydrogens is 238 g/mol. The second-order valence-corrected chi connectivity index (χ2v) is 5.48. The highest BCUT2D eigenvalue weighted by Crippen LogP contribution is 2.35. The van der Waals surface area contributed by atoms with Crippen molar-refractivity contribution < 1.29 is 9.53 Å². The predicted octanol–water partition coefficient (Wildman–Crippen LogP) is 3.05. The molecule has 1 aromatic carbocycles. The van der Waals surface area contributed by atoms with Gasteiger partial charge in [-0.2, -0.15) is 0 Å². The van der Waals surface area contributed by atoms with Gasteiger partial charge in [-0.1, -0.05) is 26.0 Å². The van der Waals surface area contributed by atoms with E-state index in [1.54, 1.807) is 0 Å². The van der Waals surface area contributed by atoms with Crippen LogP contribution in [0.25, 0.3) is 0 Å². The minimum atomic E-state index is -0.253. The van der Waals surface area contributed by atoms with Gasteiger partial charge in [0.15, 0.2) is 5.78 Å². The van der Waals surface area contributed by atoms with Crippen LogP contribution in [0.4, 0.5) is 0 Å². The van der Waals surface area contributed by atoms with E-state index in [1.807, 2.05) is 24.3 Å². The summed E-state index contributed by atoms with van der Waals surface area (Å²) in [4.78, 5) is 12.8. The molecule has 0 radical (unpaired) electrons. The number of nitrogens with one attached hydrogen (secondary N) is 1. The monoisotopic (exact) mass is 261 g/mol. The average molecular weight is 261 g/mol. The fourth-order valence-electron chi connectivity index (χ4n) is 2.52. The highest BCUT2D eigenvalue weighted by Gasteiger charge is 2.36. The van der Waals surface area contributed by atoms with E-state index in [2.05, 4.69) is 19.2 Å². The number of benzene rings is 1. The van der Waals surface area contributed by atoms with Crippen LogP contribution in [0, 0.1) is 5.41 Å². The Hall–Kier alpha value is -1.35. The zero-order valence-electron chi connectivity index (χ0n) is 11.9. The van der Waals surface area contributed by atoms with E-state index >= 15 is 0 Å². The van der Waals surface area contributed by atoms with Gasteiger partial charge in [0, 0.05) is 5.41 Å². The Balaban J connectivity index is 2.22. The summed E-state index contributed by atoms with van der Waals surface area (Å²) in [6.45, 7) is 6.63. The molecule has 0 atom stereocenters. The summed E-state index contributed by atoms with van der Waals surface area (Å²) < 4.78 is 5.71.